The second-order valence-electron chi connectivity index (χ2n) is 7.78. The van der Waals surface area contributed by atoms with Crippen LogP contribution in [0.15, 0.2) is 59.0 Å². The van der Waals surface area contributed by atoms with Gasteiger partial charge in [0.05, 0.1) is 6.54 Å². The number of hydrogen-bond acceptors (Lipinski definition) is 4. The fourth-order valence-corrected chi connectivity index (χ4v) is 3.79. The second kappa shape index (κ2) is 8.23. The van der Waals surface area contributed by atoms with Gasteiger partial charge in [-0.05, 0) is 49.0 Å². The van der Waals surface area contributed by atoms with E-state index in [4.69, 9.17) is 4.42 Å². The normalized spacial score (nSPS) is 13.4. The molecule has 5 heteroatoms. The van der Waals surface area contributed by atoms with Gasteiger partial charge in [0.1, 0.15) is 11.5 Å². The standard InChI is InChI=1S/C24H27N3O2/c1-26(2)14-13-25-15-17-11-12-23(29-17)20-8-5-4-7-18(20)19-9-6-10-21-22(19)16-27(3)24(21)28/h4-12,25H,13-16H2,1-3H3. The number of likely N-dealkylation sites (N-methyl/N-ethyl adjacent to an activating group) is 1. The number of amides is 1. The fraction of sp³-hybridized carbons (Fsp3) is 0.292. The Bertz CT molecular complexity index is 1020. The van der Waals surface area contributed by atoms with Crippen molar-refractivity contribution in [2.24, 2.45) is 0 Å². The lowest BCUT2D eigenvalue weighted by Gasteiger charge is -2.12. The summed E-state index contributed by atoms with van der Waals surface area (Å²) in [5.74, 6) is 1.85. The molecule has 0 atom stereocenters. The number of furan rings is 1. The monoisotopic (exact) mass is 389 g/mol. The maximum absolute atomic E-state index is 12.4. The van der Waals surface area contributed by atoms with E-state index in [9.17, 15) is 4.79 Å². The zero-order chi connectivity index (χ0) is 20.4. The SMILES string of the molecule is CN(C)CCNCc1ccc(-c2ccccc2-c2cccc3c2CN(C)C3=O)o1. The molecule has 1 aliphatic heterocycles. The van der Waals surface area contributed by atoms with Crippen LogP contribution in [0.3, 0.4) is 0 Å². The largest absolute Gasteiger partial charge is 0.460 e. The van der Waals surface area contributed by atoms with Gasteiger partial charge in [-0.25, -0.2) is 0 Å². The average molecular weight is 389 g/mol. The topological polar surface area (TPSA) is 48.7 Å². The molecule has 2 aromatic carbocycles. The molecule has 0 bridgehead atoms. The smallest absolute Gasteiger partial charge is 0.254 e. The van der Waals surface area contributed by atoms with Gasteiger partial charge in [-0.2, -0.15) is 0 Å². The molecule has 150 valence electrons. The molecule has 0 fully saturated rings. The van der Waals surface area contributed by atoms with Gasteiger partial charge in [0, 0.05) is 37.8 Å². The van der Waals surface area contributed by atoms with E-state index in [0.717, 1.165) is 52.4 Å². The van der Waals surface area contributed by atoms with E-state index in [-0.39, 0.29) is 5.91 Å². The maximum atomic E-state index is 12.4. The summed E-state index contributed by atoms with van der Waals surface area (Å²) in [4.78, 5) is 16.3. The van der Waals surface area contributed by atoms with Crippen LogP contribution in [0, 0.1) is 0 Å². The highest BCUT2D eigenvalue weighted by Crippen LogP contribution is 2.38. The molecule has 1 N–H and O–H groups in total. The summed E-state index contributed by atoms with van der Waals surface area (Å²) in [6, 6.07) is 18.3. The molecule has 1 aliphatic rings. The van der Waals surface area contributed by atoms with Crippen LogP contribution in [0.25, 0.3) is 22.5 Å². The number of rotatable bonds is 7. The minimum atomic E-state index is 0.0865. The van der Waals surface area contributed by atoms with E-state index in [2.05, 4.69) is 42.5 Å². The second-order valence-corrected chi connectivity index (χ2v) is 7.78. The Hall–Kier alpha value is -2.89. The van der Waals surface area contributed by atoms with Crippen molar-refractivity contribution in [2.45, 2.75) is 13.1 Å². The Balaban J connectivity index is 1.62. The van der Waals surface area contributed by atoms with E-state index in [1.807, 2.05) is 43.4 Å². The Morgan fingerprint density at radius 1 is 0.966 bits per heavy atom. The summed E-state index contributed by atoms with van der Waals surface area (Å²) < 4.78 is 6.15. The van der Waals surface area contributed by atoms with Crippen LogP contribution < -0.4 is 5.32 Å². The number of carbonyl (C=O) groups is 1. The highest BCUT2D eigenvalue weighted by atomic mass is 16.3. The molecule has 2 heterocycles. The Kier molecular flexibility index (Phi) is 5.51. The van der Waals surface area contributed by atoms with Gasteiger partial charge in [-0.1, -0.05) is 36.4 Å². The highest BCUT2D eigenvalue weighted by Gasteiger charge is 2.27. The van der Waals surface area contributed by atoms with E-state index in [1.165, 1.54) is 0 Å². The van der Waals surface area contributed by atoms with Gasteiger partial charge in [-0.15, -0.1) is 0 Å². The van der Waals surface area contributed by atoms with E-state index >= 15 is 0 Å². The third-order valence-corrected chi connectivity index (χ3v) is 5.33. The van der Waals surface area contributed by atoms with Gasteiger partial charge < -0.3 is 19.5 Å². The van der Waals surface area contributed by atoms with Crippen LogP contribution in [0.2, 0.25) is 0 Å². The Morgan fingerprint density at radius 3 is 2.48 bits per heavy atom. The third-order valence-electron chi connectivity index (χ3n) is 5.33. The molecule has 0 spiro atoms. The van der Waals surface area contributed by atoms with Crippen molar-refractivity contribution in [2.75, 3.05) is 34.2 Å². The van der Waals surface area contributed by atoms with Crippen molar-refractivity contribution >= 4 is 5.91 Å². The Labute approximate surface area is 171 Å². The molecule has 0 saturated heterocycles. The van der Waals surface area contributed by atoms with Crippen molar-refractivity contribution in [3.63, 3.8) is 0 Å². The van der Waals surface area contributed by atoms with Crippen LogP contribution in [-0.4, -0.2) is 49.9 Å². The summed E-state index contributed by atoms with van der Waals surface area (Å²) in [5, 5.41) is 3.41. The lowest BCUT2D eigenvalue weighted by molar-refractivity contribution is 0.0816. The number of benzene rings is 2. The highest BCUT2D eigenvalue weighted by molar-refractivity contribution is 6.01. The van der Waals surface area contributed by atoms with Crippen molar-refractivity contribution in [1.82, 2.24) is 15.1 Å². The number of fused-ring (bicyclic) bond motifs is 1. The first kappa shape index (κ1) is 19.4. The van der Waals surface area contributed by atoms with Gasteiger partial charge in [0.25, 0.3) is 5.91 Å². The summed E-state index contributed by atoms with van der Waals surface area (Å²) in [6.45, 7) is 3.24. The maximum Gasteiger partial charge on any atom is 0.254 e. The molecule has 0 radical (unpaired) electrons. The van der Waals surface area contributed by atoms with E-state index < -0.39 is 0 Å². The number of nitrogens with one attached hydrogen (secondary N) is 1. The minimum Gasteiger partial charge on any atom is -0.460 e. The van der Waals surface area contributed by atoms with E-state index in [0.29, 0.717) is 13.1 Å². The molecular weight excluding hydrogens is 362 g/mol. The van der Waals surface area contributed by atoms with Gasteiger partial charge in [0.2, 0.25) is 0 Å². The summed E-state index contributed by atoms with van der Waals surface area (Å²) >= 11 is 0. The molecular formula is C24H27N3O2. The van der Waals surface area contributed by atoms with Crippen LogP contribution >= 0.6 is 0 Å². The summed E-state index contributed by atoms with van der Waals surface area (Å²) in [7, 11) is 5.98. The Morgan fingerprint density at radius 2 is 1.69 bits per heavy atom. The lowest BCUT2D eigenvalue weighted by Crippen LogP contribution is -2.25. The molecule has 0 aliphatic carbocycles. The lowest BCUT2D eigenvalue weighted by atomic mass is 9.92. The summed E-state index contributed by atoms with van der Waals surface area (Å²) in [5.41, 5.74) is 5.11. The zero-order valence-corrected chi connectivity index (χ0v) is 17.2. The van der Waals surface area contributed by atoms with Crippen LogP contribution in [0.4, 0.5) is 0 Å². The quantitative estimate of drug-likeness (QED) is 0.624. The average Bonchev–Trinajstić information content (AvgIpc) is 3.30. The molecule has 3 aromatic rings. The van der Waals surface area contributed by atoms with Gasteiger partial charge >= 0.3 is 0 Å². The summed E-state index contributed by atoms with van der Waals surface area (Å²) in [6.07, 6.45) is 0. The minimum absolute atomic E-state index is 0.0865. The molecule has 1 aromatic heterocycles. The van der Waals surface area contributed by atoms with Crippen molar-refractivity contribution < 1.29 is 9.21 Å². The van der Waals surface area contributed by atoms with Crippen LogP contribution in [-0.2, 0) is 13.1 Å². The molecule has 29 heavy (non-hydrogen) atoms. The van der Waals surface area contributed by atoms with Gasteiger partial charge in [0.15, 0.2) is 0 Å². The first-order chi connectivity index (χ1) is 14.0. The zero-order valence-electron chi connectivity index (χ0n) is 17.2. The van der Waals surface area contributed by atoms with Crippen molar-refractivity contribution in [3.8, 4) is 22.5 Å². The fourth-order valence-electron chi connectivity index (χ4n) is 3.79. The van der Waals surface area contributed by atoms with Crippen LogP contribution in [0.1, 0.15) is 21.7 Å². The molecule has 5 nitrogen and oxygen atoms in total. The molecule has 4 rings (SSSR count). The van der Waals surface area contributed by atoms with Crippen molar-refractivity contribution in [3.05, 3.63) is 71.5 Å². The first-order valence-electron chi connectivity index (χ1n) is 9.96. The first-order valence-corrected chi connectivity index (χ1v) is 9.96. The molecule has 0 unspecified atom stereocenters. The van der Waals surface area contributed by atoms with Crippen LogP contribution in [0.5, 0.6) is 0 Å². The van der Waals surface area contributed by atoms with E-state index in [1.54, 1.807) is 4.90 Å². The van der Waals surface area contributed by atoms with Crippen molar-refractivity contribution in [1.29, 1.82) is 0 Å². The third kappa shape index (κ3) is 3.97. The number of nitrogens with zero attached hydrogens (tertiary/aromatic N) is 2. The predicted octanol–water partition coefficient (Wildman–Crippen LogP) is 3.85. The number of carbonyl (C=O) groups excluding carboxylic acids is 1. The number of hydrogen-bond donors (Lipinski definition) is 1. The molecule has 1 amide bonds. The molecule has 0 saturated carbocycles. The predicted molar refractivity (Wildman–Crippen MR) is 116 cm³/mol. The van der Waals surface area contributed by atoms with Gasteiger partial charge in [-0.3, -0.25) is 4.79 Å².